The van der Waals surface area contributed by atoms with E-state index in [0.29, 0.717) is 13.0 Å². The SMILES string of the molecule is CC(C)C[C@@H](NC(=O)NCCc1cccs1)C(=O)O. The second-order valence-electron chi connectivity index (χ2n) is 4.75. The molecule has 0 fully saturated rings. The van der Waals surface area contributed by atoms with Gasteiger partial charge in [0.15, 0.2) is 0 Å². The molecule has 0 saturated carbocycles. The topological polar surface area (TPSA) is 78.4 Å². The van der Waals surface area contributed by atoms with Gasteiger partial charge in [0.1, 0.15) is 6.04 Å². The summed E-state index contributed by atoms with van der Waals surface area (Å²) < 4.78 is 0. The largest absolute Gasteiger partial charge is 0.480 e. The molecule has 5 nitrogen and oxygen atoms in total. The number of nitrogens with one attached hydrogen (secondary N) is 2. The van der Waals surface area contributed by atoms with Gasteiger partial charge in [-0.25, -0.2) is 9.59 Å². The molecule has 1 aromatic heterocycles. The quantitative estimate of drug-likeness (QED) is 0.717. The molecule has 0 aliphatic carbocycles. The molecule has 0 radical (unpaired) electrons. The second kappa shape index (κ2) is 7.78. The Morgan fingerprint density at radius 1 is 1.42 bits per heavy atom. The third kappa shape index (κ3) is 6.24. The molecule has 0 saturated heterocycles. The second-order valence-corrected chi connectivity index (χ2v) is 5.78. The average Bonchev–Trinajstić information content (AvgIpc) is 2.80. The molecule has 1 atom stereocenters. The lowest BCUT2D eigenvalue weighted by Crippen LogP contribution is -2.47. The van der Waals surface area contributed by atoms with E-state index in [1.54, 1.807) is 11.3 Å². The molecule has 1 aromatic rings. The van der Waals surface area contributed by atoms with Crippen LogP contribution in [0.1, 0.15) is 25.1 Å². The van der Waals surface area contributed by atoms with Gasteiger partial charge in [0.2, 0.25) is 0 Å². The molecule has 2 amide bonds. The van der Waals surface area contributed by atoms with Gasteiger partial charge in [-0.3, -0.25) is 0 Å². The van der Waals surface area contributed by atoms with Crippen LogP contribution < -0.4 is 10.6 Å². The van der Waals surface area contributed by atoms with Crippen LogP contribution in [0.15, 0.2) is 17.5 Å². The van der Waals surface area contributed by atoms with Gasteiger partial charge >= 0.3 is 12.0 Å². The van der Waals surface area contributed by atoms with E-state index in [1.165, 1.54) is 4.88 Å². The summed E-state index contributed by atoms with van der Waals surface area (Å²) >= 11 is 1.64. The molecule has 0 bridgehead atoms. The average molecular weight is 284 g/mol. The van der Waals surface area contributed by atoms with Gasteiger partial charge in [-0.2, -0.15) is 0 Å². The van der Waals surface area contributed by atoms with E-state index >= 15 is 0 Å². The van der Waals surface area contributed by atoms with Crippen LogP contribution in [0, 0.1) is 5.92 Å². The monoisotopic (exact) mass is 284 g/mol. The first-order chi connectivity index (χ1) is 8.99. The molecule has 6 heteroatoms. The van der Waals surface area contributed by atoms with Gasteiger partial charge in [-0.1, -0.05) is 19.9 Å². The highest BCUT2D eigenvalue weighted by Crippen LogP contribution is 2.08. The van der Waals surface area contributed by atoms with Crippen molar-refractivity contribution in [3.8, 4) is 0 Å². The third-order valence-electron chi connectivity index (χ3n) is 2.55. The number of urea groups is 1. The summed E-state index contributed by atoms with van der Waals surface area (Å²) in [5.41, 5.74) is 0. The molecule has 19 heavy (non-hydrogen) atoms. The number of hydrogen-bond acceptors (Lipinski definition) is 3. The summed E-state index contributed by atoms with van der Waals surface area (Å²) in [6.45, 7) is 4.35. The lowest BCUT2D eigenvalue weighted by atomic mass is 10.0. The number of carbonyl (C=O) groups is 2. The molecule has 0 aliphatic rings. The first kappa shape index (κ1) is 15.5. The predicted molar refractivity (Wildman–Crippen MR) is 75.4 cm³/mol. The first-order valence-corrected chi connectivity index (χ1v) is 7.16. The van der Waals surface area contributed by atoms with E-state index in [4.69, 9.17) is 5.11 Å². The van der Waals surface area contributed by atoms with Crippen molar-refractivity contribution < 1.29 is 14.7 Å². The molecule has 106 valence electrons. The van der Waals surface area contributed by atoms with Gasteiger partial charge in [0.25, 0.3) is 0 Å². The number of carbonyl (C=O) groups excluding carboxylic acids is 1. The van der Waals surface area contributed by atoms with Crippen molar-refractivity contribution in [1.82, 2.24) is 10.6 Å². The zero-order valence-electron chi connectivity index (χ0n) is 11.2. The van der Waals surface area contributed by atoms with Crippen molar-refractivity contribution in [3.63, 3.8) is 0 Å². The van der Waals surface area contributed by atoms with Crippen LogP contribution in [0.5, 0.6) is 0 Å². The number of hydrogen-bond donors (Lipinski definition) is 3. The summed E-state index contributed by atoms with van der Waals surface area (Å²) in [4.78, 5) is 23.8. The van der Waals surface area contributed by atoms with Crippen LogP contribution in [0.25, 0.3) is 0 Å². The Labute approximate surface area is 117 Å². The smallest absolute Gasteiger partial charge is 0.326 e. The number of rotatable bonds is 7. The summed E-state index contributed by atoms with van der Waals surface area (Å²) in [5, 5.41) is 16.1. The van der Waals surface area contributed by atoms with Crippen molar-refractivity contribution in [1.29, 1.82) is 0 Å². The highest BCUT2D eigenvalue weighted by atomic mass is 32.1. The van der Waals surface area contributed by atoms with Crippen molar-refractivity contribution in [2.45, 2.75) is 32.7 Å². The number of aliphatic carboxylic acids is 1. The van der Waals surface area contributed by atoms with Crippen LogP contribution >= 0.6 is 11.3 Å². The number of amides is 2. The Bertz CT molecular complexity index is 404. The minimum Gasteiger partial charge on any atom is -0.480 e. The van der Waals surface area contributed by atoms with E-state index in [2.05, 4.69) is 10.6 Å². The van der Waals surface area contributed by atoms with E-state index in [0.717, 1.165) is 6.42 Å². The maximum Gasteiger partial charge on any atom is 0.326 e. The van der Waals surface area contributed by atoms with Crippen molar-refractivity contribution in [2.75, 3.05) is 6.54 Å². The predicted octanol–water partition coefficient (Wildman–Crippen LogP) is 2.09. The summed E-state index contributed by atoms with van der Waals surface area (Å²) in [6.07, 6.45) is 1.18. The standard InChI is InChI=1S/C13H20N2O3S/c1-9(2)8-11(12(16)17)15-13(18)14-6-5-10-4-3-7-19-10/h3-4,7,9,11H,5-6,8H2,1-2H3,(H,16,17)(H2,14,15,18)/t11-/m1/s1. The summed E-state index contributed by atoms with van der Waals surface area (Å²) in [6, 6.07) is 2.71. The Hall–Kier alpha value is -1.56. The van der Waals surface area contributed by atoms with Crippen LogP contribution in [-0.2, 0) is 11.2 Å². The van der Waals surface area contributed by atoms with Crippen molar-refractivity contribution >= 4 is 23.3 Å². The number of thiophene rings is 1. The highest BCUT2D eigenvalue weighted by Gasteiger charge is 2.20. The first-order valence-electron chi connectivity index (χ1n) is 6.28. The Balaban J connectivity index is 2.30. The fraction of sp³-hybridized carbons (Fsp3) is 0.538. The maximum atomic E-state index is 11.6. The normalized spacial score (nSPS) is 12.2. The van der Waals surface area contributed by atoms with Gasteiger partial charge in [-0.05, 0) is 30.2 Å². The van der Waals surface area contributed by atoms with Gasteiger partial charge in [0.05, 0.1) is 0 Å². The number of carboxylic acids is 1. The minimum atomic E-state index is -0.998. The van der Waals surface area contributed by atoms with Gasteiger partial charge in [-0.15, -0.1) is 11.3 Å². The summed E-state index contributed by atoms with van der Waals surface area (Å²) in [7, 11) is 0. The fourth-order valence-electron chi connectivity index (χ4n) is 1.66. The van der Waals surface area contributed by atoms with Crippen LogP contribution in [0.2, 0.25) is 0 Å². The van der Waals surface area contributed by atoms with Crippen LogP contribution in [0.3, 0.4) is 0 Å². The Morgan fingerprint density at radius 2 is 2.16 bits per heavy atom. The molecule has 0 aliphatic heterocycles. The lowest BCUT2D eigenvalue weighted by molar-refractivity contribution is -0.139. The molecular formula is C13H20N2O3S. The zero-order chi connectivity index (χ0) is 14.3. The maximum absolute atomic E-state index is 11.6. The molecule has 1 rings (SSSR count). The molecule has 0 aromatic carbocycles. The van der Waals surface area contributed by atoms with E-state index in [1.807, 2.05) is 31.4 Å². The van der Waals surface area contributed by atoms with Gasteiger partial charge in [0, 0.05) is 11.4 Å². The van der Waals surface area contributed by atoms with Crippen molar-refractivity contribution in [3.05, 3.63) is 22.4 Å². The zero-order valence-corrected chi connectivity index (χ0v) is 12.0. The van der Waals surface area contributed by atoms with E-state index in [9.17, 15) is 9.59 Å². The summed E-state index contributed by atoms with van der Waals surface area (Å²) in [5.74, 6) is -0.783. The Morgan fingerprint density at radius 3 is 2.68 bits per heavy atom. The van der Waals surface area contributed by atoms with Crippen LogP contribution in [-0.4, -0.2) is 29.7 Å². The lowest BCUT2D eigenvalue weighted by Gasteiger charge is -2.16. The molecule has 1 heterocycles. The minimum absolute atomic E-state index is 0.215. The van der Waals surface area contributed by atoms with E-state index in [-0.39, 0.29) is 5.92 Å². The van der Waals surface area contributed by atoms with Crippen LogP contribution in [0.4, 0.5) is 4.79 Å². The molecular weight excluding hydrogens is 264 g/mol. The Kier molecular flexibility index (Phi) is 6.35. The third-order valence-corrected chi connectivity index (χ3v) is 3.48. The molecule has 0 spiro atoms. The van der Waals surface area contributed by atoms with E-state index < -0.39 is 18.0 Å². The molecule has 0 unspecified atom stereocenters. The van der Waals surface area contributed by atoms with Crippen molar-refractivity contribution in [2.24, 2.45) is 5.92 Å². The highest BCUT2D eigenvalue weighted by molar-refractivity contribution is 7.09. The van der Waals surface area contributed by atoms with Gasteiger partial charge < -0.3 is 15.7 Å². The fourth-order valence-corrected chi connectivity index (χ4v) is 2.37. The number of carboxylic acid groups (broad SMARTS) is 1. The molecule has 3 N–H and O–H groups in total.